The van der Waals surface area contributed by atoms with E-state index < -0.39 is 0 Å². The number of aromatic nitrogens is 3. The number of hydrogen-bond donors (Lipinski definition) is 0. The van der Waals surface area contributed by atoms with Gasteiger partial charge < -0.3 is 9.42 Å². The molecule has 0 N–H and O–H groups in total. The smallest absolute Gasteiger partial charge is 0.273 e. The van der Waals surface area contributed by atoms with Crippen molar-refractivity contribution in [3.05, 3.63) is 27.8 Å². The average molecular weight is 347 g/mol. The molecule has 0 aromatic carbocycles. The van der Waals surface area contributed by atoms with Gasteiger partial charge in [-0.25, -0.2) is 4.98 Å². The fourth-order valence-electron chi connectivity index (χ4n) is 2.98. The Morgan fingerprint density at radius 1 is 1.29 bits per heavy atom. The van der Waals surface area contributed by atoms with Gasteiger partial charge in [0.15, 0.2) is 5.82 Å². The number of nitrogens with zero attached hydrogens (tertiary/aromatic N) is 5. The molecule has 2 aromatic heterocycles. The topological polar surface area (TPSA) is 75.4 Å². The monoisotopic (exact) mass is 347 g/mol. The molecule has 1 saturated carbocycles. The zero-order chi connectivity index (χ0) is 16.5. The Hall–Kier alpha value is -1.80. The molecule has 7 nitrogen and oxygen atoms in total. The van der Waals surface area contributed by atoms with Crippen LogP contribution in [0.3, 0.4) is 0 Å². The van der Waals surface area contributed by atoms with Crippen molar-refractivity contribution in [1.82, 2.24) is 24.9 Å². The van der Waals surface area contributed by atoms with Gasteiger partial charge in [-0.3, -0.25) is 9.69 Å². The Morgan fingerprint density at radius 3 is 2.92 bits per heavy atom. The highest BCUT2D eigenvalue weighted by Gasteiger charge is 2.30. The Kier molecular flexibility index (Phi) is 4.32. The van der Waals surface area contributed by atoms with Gasteiger partial charge in [0.25, 0.3) is 5.91 Å². The van der Waals surface area contributed by atoms with E-state index in [1.165, 1.54) is 24.2 Å². The fraction of sp³-hybridized carbons (Fsp3) is 0.625. The van der Waals surface area contributed by atoms with E-state index in [4.69, 9.17) is 4.52 Å². The maximum Gasteiger partial charge on any atom is 0.273 e. The van der Waals surface area contributed by atoms with Crippen LogP contribution in [0, 0.1) is 6.92 Å². The minimum atomic E-state index is 0.0387. The SMILES string of the molecule is Cc1nc(C(=O)N2CCCN(Cc3noc(C4CC4)n3)CC2)cs1. The third kappa shape index (κ3) is 3.49. The number of hydrogen-bond acceptors (Lipinski definition) is 7. The second kappa shape index (κ2) is 6.60. The molecule has 24 heavy (non-hydrogen) atoms. The van der Waals surface area contributed by atoms with Crippen LogP contribution in [0.2, 0.25) is 0 Å². The molecule has 0 spiro atoms. The van der Waals surface area contributed by atoms with Gasteiger partial charge in [0.1, 0.15) is 5.69 Å². The van der Waals surface area contributed by atoms with Crippen LogP contribution in [0.25, 0.3) is 0 Å². The molecule has 1 amide bonds. The summed E-state index contributed by atoms with van der Waals surface area (Å²) in [6, 6.07) is 0. The van der Waals surface area contributed by atoms with Crippen LogP contribution < -0.4 is 0 Å². The third-order valence-corrected chi connectivity index (χ3v) is 5.26. The summed E-state index contributed by atoms with van der Waals surface area (Å²) >= 11 is 1.52. The Bertz CT molecular complexity index is 724. The van der Waals surface area contributed by atoms with Crippen LogP contribution in [0.15, 0.2) is 9.90 Å². The summed E-state index contributed by atoms with van der Waals surface area (Å²) in [5.74, 6) is 2.07. The molecule has 0 bridgehead atoms. The van der Waals surface area contributed by atoms with E-state index in [1.54, 1.807) is 0 Å². The van der Waals surface area contributed by atoms with Gasteiger partial charge in [-0.1, -0.05) is 5.16 Å². The Balaban J connectivity index is 1.34. The van der Waals surface area contributed by atoms with Crippen LogP contribution in [-0.4, -0.2) is 57.0 Å². The van der Waals surface area contributed by atoms with E-state index in [0.717, 1.165) is 42.8 Å². The Labute approximate surface area is 144 Å². The van der Waals surface area contributed by atoms with Crippen molar-refractivity contribution in [2.75, 3.05) is 26.2 Å². The highest BCUT2D eigenvalue weighted by Crippen LogP contribution is 2.38. The molecule has 2 aromatic rings. The van der Waals surface area contributed by atoms with Crippen LogP contribution in [0.1, 0.15) is 52.4 Å². The van der Waals surface area contributed by atoms with Crippen LogP contribution in [0.4, 0.5) is 0 Å². The first-order valence-electron chi connectivity index (χ1n) is 8.45. The van der Waals surface area contributed by atoms with Crippen molar-refractivity contribution in [2.24, 2.45) is 0 Å². The van der Waals surface area contributed by atoms with Crippen molar-refractivity contribution in [2.45, 2.75) is 38.6 Å². The molecule has 128 valence electrons. The van der Waals surface area contributed by atoms with Crippen LogP contribution >= 0.6 is 11.3 Å². The molecule has 4 rings (SSSR count). The molecule has 8 heteroatoms. The lowest BCUT2D eigenvalue weighted by Gasteiger charge is -2.20. The summed E-state index contributed by atoms with van der Waals surface area (Å²) in [5, 5.41) is 6.87. The van der Waals surface area contributed by atoms with Gasteiger partial charge in [-0.05, 0) is 26.2 Å². The van der Waals surface area contributed by atoms with E-state index in [9.17, 15) is 4.79 Å². The third-order valence-electron chi connectivity index (χ3n) is 4.49. The largest absolute Gasteiger partial charge is 0.339 e. The number of carbonyl (C=O) groups is 1. The number of carbonyl (C=O) groups excluding carboxylic acids is 1. The second-order valence-corrected chi connectivity index (χ2v) is 7.56. The van der Waals surface area contributed by atoms with E-state index in [-0.39, 0.29) is 5.91 Å². The zero-order valence-electron chi connectivity index (χ0n) is 13.8. The van der Waals surface area contributed by atoms with Crippen molar-refractivity contribution in [1.29, 1.82) is 0 Å². The predicted molar refractivity (Wildman–Crippen MR) is 88.9 cm³/mol. The summed E-state index contributed by atoms with van der Waals surface area (Å²) in [4.78, 5) is 25.5. The first-order chi connectivity index (χ1) is 11.7. The maximum absolute atomic E-state index is 12.5. The molecule has 2 fully saturated rings. The minimum absolute atomic E-state index is 0.0387. The molecule has 0 radical (unpaired) electrons. The summed E-state index contributed by atoms with van der Waals surface area (Å²) in [7, 11) is 0. The van der Waals surface area contributed by atoms with Gasteiger partial charge in [0, 0.05) is 37.5 Å². The lowest BCUT2D eigenvalue weighted by molar-refractivity contribution is 0.0755. The van der Waals surface area contributed by atoms with E-state index in [1.807, 2.05) is 17.2 Å². The molecular formula is C16H21N5O2S. The molecule has 3 heterocycles. The number of amides is 1. The molecule has 1 saturated heterocycles. The summed E-state index contributed by atoms with van der Waals surface area (Å²) in [6.45, 7) is 5.85. The molecule has 0 atom stereocenters. The normalized spacial score (nSPS) is 19.5. The quantitative estimate of drug-likeness (QED) is 0.843. The zero-order valence-corrected chi connectivity index (χ0v) is 14.6. The van der Waals surface area contributed by atoms with Crippen molar-refractivity contribution >= 4 is 17.2 Å². The number of aryl methyl sites for hydroxylation is 1. The molecular weight excluding hydrogens is 326 g/mol. The molecule has 1 aliphatic carbocycles. The predicted octanol–water partition coefficient (Wildman–Crippen LogP) is 2.06. The highest BCUT2D eigenvalue weighted by atomic mass is 32.1. The molecule has 2 aliphatic rings. The standard InChI is InChI=1S/C16H21N5O2S/c1-11-17-13(10-24-11)16(22)21-6-2-5-20(7-8-21)9-14-18-15(23-19-14)12-3-4-12/h10,12H,2-9H2,1H3. The lowest BCUT2D eigenvalue weighted by atomic mass is 10.3. The number of thiazole rings is 1. The summed E-state index contributed by atoms with van der Waals surface area (Å²) < 4.78 is 5.32. The second-order valence-electron chi connectivity index (χ2n) is 6.50. The van der Waals surface area contributed by atoms with Crippen LogP contribution in [-0.2, 0) is 6.54 Å². The number of rotatable bonds is 4. The van der Waals surface area contributed by atoms with Gasteiger partial charge in [0.2, 0.25) is 5.89 Å². The lowest BCUT2D eigenvalue weighted by Crippen LogP contribution is -2.35. The minimum Gasteiger partial charge on any atom is -0.339 e. The van der Waals surface area contributed by atoms with Gasteiger partial charge in [0.05, 0.1) is 11.6 Å². The van der Waals surface area contributed by atoms with Crippen molar-refractivity contribution in [3.63, 3.8) is 0 Å². The van der Waals surface area contributed by atoms with Crippen molar-refractivity contribution in [3.8, 4) is 0 Å². The molecule has 1 aliphatic heterocycles. The first-order valence-corrected chi connectivity index (χ1v) is 9.33. The highest BCUT2D eigenvalue weighted by molar-refractivity contribution is 7.09. The Morgan fingerprint density at radius 2 is 2.17 bits per heavy atom. The molecule has 0 unspecified atom stereocenters. The van der Waals surface area contributed by atoms with E-state index >= 15 is 0 Å². The van der Waals surface area contributed by atoms with E-state index in [0.29, 0.717) is 24.7 Å². The maximum atomic E-state index is 12.5. The van der Waals surface area contributed by atoms with Gasteiger partial charge in [-0.15, -0.1) is 11.3 Å². The first kappa shape index (κ1) is 15.7. The average Bonchev–Trinajstić information content (AvgIpc) is 3.24. The van der Waals surface area contributed by atoms with Crippen LogP contribution in [0.5, 0.6) is 0 Å². The summed E-state index contributed by atoms with van der Waals surface area (Å²) in [5.41, 5.74) is 0.568. The fourth-order valence-corrected chi connectivity index (χ4v) is 3.57. The summed E-state index contributed by atoms with van der Waals surface area (Å²) in [6.07, 6.45) is 3.28. The van der Waals surface area contributed by atoms with E-state index in [2.05, 4.69) is 20.0 Å². The van der Waals surface area contributed by atoms with Crippen molar-refractivity contribution < 1.29 is 9.32 Å². The van der Waals surface area contributed by atoms with Gasteiger partial charge >= 0.3 is 0 Å². The van der Waals surface area contributed by atoms with Gasteiger partial charge in [-0.2, -0.15) is 4.98 Å².